The van der Waals surface area contributed by atoms with Crippen LogP contribution in [0.1, 0.15) is 37.5 Å². The fourth-order valence-corrected chi connectivity index (χ4v) is 2.67. The van der Waals surface area contributed by atoms with Crippen LogP contribution in [-0.4, -0.2) is 26.3 Å². The van der Waals surface area contributed by atoms with Gasteiger partial charge in [-0.05, 0) is 37.8 Å². The molecule has 0 unspecified atom stereocenters. The van der Waals surface area contributed by atoms with Crippen LogP contribution in [0.15, 0.2) is 24.3 Å². The molecule has 0 spiro atoms. The van der Waals surface area contributed by atoms with Gasteiger partial charge < -0.3 is 14.4 Å². The minimum absolute atomic E-state index is 0.158. The Morgan fingerprint density at radius 3 is 2.17 bits per heavy atom. The number of piperidine rings is 1. The van der Waals surface area contributed by atoms with Gasteiger partial charge in [0.25, 0.3) is 0 Å². The van der Waals surface area contributed by atoms with Crippen LogP contribution in [0.5, 0.6) is 0 Å². The van der Waals surface area contributed by atoms with Crippen molar-refractivity contribution in [2.45, 2.75) is 32.0 Å². The molecule has 0 amide bonds. The first-order valence-electron chi connectivity index (χ1n) is 7.01. The van der Waals surface area contributed by atoms with Crippen molar-refractivity contribution in [3.63, 3.8) is 0 Å². The molecule has 3 nitrogen and oxygen atoms in total. The molecule has 0 radical (unpaired) electrons. The third-order valence-corrected chi connectivity index (χ3v) is 3.71. The zero-order valence-corrected chi connectivity index (χ0v) is 10.8. The maximum absolute atomic E-state index is 5.61. The van der Waals surface area contributed by atoms with E-state index in [0.717, 1.165) is 25.2 Å². The molecule has 98 valence electrons. The maximum atomic E-state index is 5.61. The van der Waals surface area contributed by atoms with E-state index in [0.29, 0.717) is 0 Å². The summed E-state index contributed by atoms with van der Waals surface area (Å²) in [4.78, 5) is 2.47. The Kier molecular flexibility index (Phi) is 3.81. The molecular formula is C15H21NO2. The van der Waals surface area contributed by atoms with E-state index in [2.05, 4.69) is 29.2 Å². The molecule has 2 saturated heterocycles. The Bertz CT molecular complexity index is 328. The van der Waals surface area contributed by atoms with Crippen molar-refractivity contribution in [2.75, 3.05) is 31.2 Å². The maximum Gasteiger partial charge on any atom is 0.183 e. The molecule has 2 aliphatic rings. The van der Waals surface area contributed by atoms with E-state index in [1.165, 1.54) is 38.0 Å². The van der Waals surface area contributed by atoms with Crippen molar-refractivity contribution in [3.8, 4) is 0 Å². The van der Waals surface area contributed by atoms with Crippen LogP contribution in [-0.2, 0) is 9.47 Å². The summed E-state index contributed by atoms with van der Waals surface area (Å²) in [5.41, 5.74) is 2.46. The molecule has 0 bridgehead atoms. The van der Waals surface area contributed by atoms with Gasteiger partial charge in [-0.15, -0.1) is 0 Å². The lowest BCUT2D eigenvalue weighted by atomic mass is 10.1. The summed E-state index contributed by atoms with van der Waals surface area (Å²) in [7, 11) is 0. The molecule has 18 heavy (non-hydrogen) atoms. The Balaban J connectivity index is 1.67. The zero-order chi connectivity index (χ0) is 12.2. The van der Waals surface area contributed by atoms with Gasteiger partial charge in [-0.1, -0.05) is 12.1 Å². The van der Waals surface area contributed by atoms with Gasteiger partial charge in [0, 0.05) is 24.3 Å². The molecule has 0 N–H and O–H groups in total. The predicted molar refractivity (Wildman–Crippen MR) is 71.8 cm³/mol. The predicted octanol–water partition coefficient (Wildman–Crippen LogP) is 3.11. The lowest BCUT2D eigenvalue weighted by molar-refractivity contribution is -0.183. The molecule has 2 fully saturated rings. The molecule has 0 atom stereocenters. The summed E-state index contributed by atoms with van der Waals surface area (Å²) >= 11 is 0. The number of ether oxygens (including phenoxy) is 2. The first-order valence-corrected chi connectivity index (χ1v) is 7.01. The lowest BCUT2D eigenvalue weighted by Crippen LogP contribution is -2.29. The van der Waals surface area contributed by atoms with Crippen LogP contribution in [0, 0.1) is 0 Å². The second-order valence-electron chi connectivity index (χ2n) is 5.07. The van der Waals surface area contributed by atoms with Crippen LogP contribution in [0.4, 0.5) is 5.69 Å². The number of anilines is 1. The van der Waals surface area contributed by atoms with E-state index in [4.69, 9.17) is 9.47 Å². The fourth-order valence-electron chi connectivity index (χ4n) is 2.67. The lowest BCUT2D eigenvalue weighted by Gasteiger charge is -2.29. The first-order chi connectivity index (χ1) is 8.93. The highest BCUT2D eigenvalue weighted by Crippen LogP contribution is 2.26. The summed E-state index contributed by atoms with van der Waals surface area (Å²) in [5, 5.41) is 0. The monoisotopic (exact) mass is 247 g/mol. The van der Waals surface area contributed by atoms with Gasteiger partial charge in [-0.25, -0.2) is 0 Å². The number of nitrogens with zero attached hydrogens (tertiary/aromatic N) is 1. The van der Waals surface area contributed by atoms with E-state index < -0.39 is 0 Å². The highest BCUT2D eigenvalue weighted by molar-refractivity contribution is 5.48. The van der Waals surface area contributed by atoms with E-state index >= 15 is 0 Å². The average molecular weight is 247 g/mol. The largest absolute Gasteiger partial charge is 0.372 e. The van der Waals surface area contributed by atoms with E-state index in [9.17, 15) is 0 Å². The summed E-state index contributed by atoms with van der Waals surface area (Å²) in [6.45, 7) is 3.99. The smallest absolute Gasteiger partial charge is 0.183 e. The van der Waals surface area contributed by atoms with Gasteiger partial charge in [0.15, 0.2) is 6.29 Å². The quantitative estimate of drug-likeness (QED) is 0.801. The first kappa shape index (κ1) is 12.0. The SMILES string of the molecule is c1cc(N2CCCCC2)ccc1C1OCCCO1. The number of benzene rings is 1. The Morgan fingerprint density at radius 1 is 0.833 bits per heavy atom. The minimum atomic E-state index is -0.158. The van der Waals surface area contributed by atoms with Gasteiger partial charge in [0.05, 0.1) is 13.2 Å². The standard InChI is InChI=1S/C15H21NO2/c1-2-9-16(10-3-1)14-7-5-13(6-8-14)15-17-11-4-12-18-15/h5-8,15H,1-4,9-12H2. The molecule has 0 aromatic heterocycles. The van der Waals surface area contributed by atoms with Crippen LogP contribution in [0.2, 0.25) is 0 Å². The highest BCUT2D eigenvalue weighted by Gasteiger charge is 2.17. The van der Waals surface area contributed by atoms with E-state index in [-0.39, 0.29) is 6.29 Å². The van der Waals surface area contributed by atoms with Crippen LogP contribution >= 0.6 is 0 Å². The van der Waals surface area contributed by atoms with E-state index in [1.807, 2.05) is 0 Å². The molecule has 3 heteroatoms. The van der Waals surface area contributed by atoms with Crippen LogP contribution in [0.3, 0.4) is 0 Å². The van der Waals surface area contributed by atoms with Crippen molar-refractivity contribution >= 4 is 5.69 Å². The average Bonchev–Trinajstić information content (AvgIpc) is 2.49. The third kappa shape index (κ3) is 2.68. The molecule has 0 saturated carbocycles. The van der Waals surface area contributed by atoms with Gasteiger partial charge in [-0.3, -0.25) is 0 Å². The molecule has 1 aromatic carbocycles. The van der Waals surface area contributed by atoms with Gasteiger partial charge in [0.1, 0.15) is 0 Å². The third-order valence-electron chi connectivity index (χ3n) is 3.71. The summed E-state index contributed by atoms with van der Waals surface area (Å²) in [6.07, 6.45) is 4.85. The van der Waals surface area contributed by atoms with Crippen LogP contribution < -0.4 is 4.90 Å². The second kappa shape index (κ2) is 5.72. The Morgan fingerprint density at radius 2 is 1.50 bits per heavy atom. The van der Waals surface area contributed by atoms with E-state index in [1.54, 1.807) is 0 Å². The van der Waals surface area contributed by atoms with Crippen molar-refractivity contribution in [1.82, 2.24) is 0 Å². The van der Waals surface area contributed by atoms with Gasteiger partial charge in [-0.2, -0.15) is 0 Å². The Hall–Kier alpha value is -1.06. The number of hydrogen-bond acceptors (Lipinski definition) is 3. The number of hydrogen-bond donors (Lipinski definition) is 0. The van der Waals surface area contributed by atoms with Crippen molar-refractivity contribution in [3.05, 3.63) is 29.8 Å². The minimum Gasteiger partial charge on any atom is -0.372 e. The normalized spacial score (nSPS) is 22.1. The van der Waals surface area contributed by atoms with Crippen molar-refractivity contribution < 1.29 is 9.47 Å². The molecule has 3 rings (SSSR count). The number of rotatable bonds is 2. The van der Waals surface area contributed by atoms with Gasteiger partial charge >= 0.3 is 0 Å². The topological polar surface area (TPSA) is 21.7 Å². The zero-order valence-electron chi connectivity index (χ0n) is 10.8. The summed E-state index contributed by atoms with van der Waals surface area (Å²) in [5.74, 6) is 0. The molecule has 2 aliphatic heterocycles. The highest BCUT2D eigenvalue weighted by atomic mass is 16.7. The van der Waals surface area contributed by atoms with Crippen molar-refractivity contribution in [2.24, 2.45) is 0 Å². The molecular weight excluding hydrogens is 226 g/mol. The molecule has 1 aromatic rings. The van der Waals surface area contributed by atoms with Crippen LogP contribution in [0.25, 0.3) is 0 Å². The second-order valence-corrected chi connectivity index (χ2v) is 5.07. The fraction of sp³-hybridized carbons (Fsp3) is 0.600. The van der Waals surface area contributed by atoms with Gasteiger partial charge in [0.2, 0.25) is 0 Å². The Labute approximate surface area is 109 Å². The van der Waals surface area contributed by atoms with Crippen molar-refractivity contribution in [1.29, 1.82) is 0 Å². The molecule has 2 heterocycles. The summed E-state index contributed by atoms with van der Waals surface area (Å²) < 4.78 is 11.2. The summed E-state index contributed by atoms with van der Waals surface area (Å²) in [6, 6.07) is 8.67. The molecule has 0 aliphatic carbocycles.